The van der Waals surface area contributed by atoms with Crippen molar-refractivity contribution in [2.45, 2.75) is 19.9 Å². The van der Waals surface area contributed by atoms with Crippen molar-refractivity contribution in [1.29, 1.82) is 0 Å². The van der Waals surface area contributed by atoms with E-state index in [4.69, 9.17) is 10.5 Å². The molecule has 0 bridgehead atoms. The zero-order valence-corrected chi connectivity index (χ0v) is 16.0. The normalized spacial score (nSPS) is 10.7. The molecule has 0 saturated heterocycles. The molecule has 0 spiro atoms. The van der Waals surface area contributed by atoms with Crippen molar-refractivity contribution in [3.8, 4) is 5.75 Å². The molecule has 0 aliphatic heterocycles. The number of fused-ring (bicyclic) bond motifs is 1. The van der Waals surface area contributed by atoms with E-state index in [-0.39, 0.29) is 12.2 Å². The van der Waals surface area contributed by atoms with Gasteiger partial charge in [-0.1, -0.05) is 43.3 Å². The molecule has 0 saturated carbocycles. The predicted octanol–water partition coefficient (Wildman–Crippen LogP) is 0.999. The Hall–Kier alpha value is -3.65. The van der Waals surface area contributed by atoms with Gasteiger partial charge in [-0.3, -0.25) is 14.4 Å². The summed E-state index contributed by atoms with van der Waals surface area (Å²) in [5.74, 6) is 0.839. The minimum absolute atomic E-state index is 0.199. The third-order valence-electron chi connectivity index (χ3n) is 4.64. The Labute approximate surface area is 166 Å². The number of nitrogens with two attached hydrogens (primary N) is 1. The van der Waals surface area contributed by atoms with Gasteiger partial charge in [0.2, 0.25) is 0 Å². The lowest BCUT2D eigenvalue weighted by Crippen LogP contribution is -2.52. The van der Waals surface area contributed by atoms with Gasteiger partial charge in [0.05, 0.1) is 16.5 Å². The van der Waals surface area contributed by atoms with E-state index in [0.717, 1.165) is 5.56 Å². The minimum atomic E-state index is -1.05. The summed E-state index contributed by atoms with van der Waals surface area (Å²) in [5, 5.41) is 0.445. The number of aromatic nitrogens is 1. The van der Waals surface area contributed by atoms with E-state index in [0.29, 0.717) is 35.3 Å². The molecule has 1 amide bonds. The first-order valence-corrected chi connectivity index (χ1v) is 9.07. The number of Topliss-reactive ketones (excluding diaryl/α,β-unsaturated/α-hetero) is 1. The predicted molar refractivity (Wildman–Crippen MR) is 105 cm³/mol. The van der Waals surface area contributed by atoms with Crippen LogP contribution >= 0.6 is 0 Å². The average molecular weight is 396 g/mol. The fourth-order valence-corrected chi connectivity index (χ4v) is 3.40. The molecule has 3 aromatic rings. The molecule has 29 heavy (non-hydrogen) atoms. The Balaban J connectivity index is 2.23. The summed E-state index contributed by atoms with van der Waals surface area (Å²) >= 11 is 0. The first-order valence-electron chi connectivity index (χ1n) is 9.07. The summed E-state index contributed by atoms with van der Waals surface area (Å²) in [6.45, 7) is 2.02. The van der Waals surface area contributed by atoms with Gasteiger partial charge >= 0.3 is 5.97 Å². The Morgan fingerprint density at radius 3 is 2.41 bits per heavy atom. The number of primary amides is 1. The van der Waals surface area contributed by atoms with Crippen LogP contribution in [0.25, 0.3) is 10.9 Å². The Kier molecular flexibility index (Phi) is 5.94. The lowest BCUT2D eigenvalue weighted by atomic mass is 10.0. The Morgan fingerprint density at radius 1 is 1.07 bits per heavy atom. The zero-order chi connectivity index (χ0) is 21.0. The molecule has 0 aliphatic carbocycles. The van der Waals surface area contributed by atoms with E-state index >= 15 is 0 Å². The standard InChI is InChI=1S/C21H21N3O5/c1-2-14-19(20(26)21(22)27)18-15(24(14)11-13-7-4-3-5-8-13)9-6-10-16(18)28-12-17(25)29-23/h3-10H,2,11-12H2,1,23H3,(H-,22,27)/p+1. The molecular weight excluding hydrogens is 374 g/mol. The molecule has 0 aliphatic rings. The van der Waals surface area contributed by atoms with E-state index in [1.807, 2.05) is 47.9 Å². The first kappa shape index (κ1) is 20.1. The maximum Gasteiger partial charge on any atom is 0.403 e. The second-order valence-electron chi connectivity index (χ2n) is 6.40. The minimum Gasteiger partial charge on any atom is -0.481 e. The van der Waals surface area contributed by atoms with Gasteiger partial charge in [0.1, 0.15) is 5.75 Å². The van der Waals surface area contributed by atoms with Crippen LogP contribution in [0.5, 0.6) is 5.75 Å². The van der Waals surface area contributed by atoms with E-state index in [2.05, 4.69) is 10.7 Å². The van der Waals surface area contributed by atoms with Crippen LogP contribution < -0.4 is 16.4 Å². The highest BCUT2D eigenvalue weighted by molar-refractivity contribution is 6.45. The van der Waals surface area contributed by atoms with Crippen LogP contribution in [0.3, 0.4) is 0 Å². The number of nitrogens with zero attached hydrogens (tertiary/aromatic N) is 1. The van der Waals surface area contributed by atoms with Crippen molar-refractivity contribution >= 4 is 28.6 Å². The molecule has 150 valence electrons. The summed E-state index contributed by atoms with van der Waals surface area (Å²) < 4.78 is 7.54. The number of ketones is 1. The number of quaternary nitrogens is 1. The Morgan fingerprint density at radius 2 is 1.79 bits per heavy atom. The van der Waals surface area contributed by atoms with Gasteiger partial charge in [-0.25, -0.2) is 4.79 Å². The van der Waals surface area contributed by atoms with Crippen molar-refractivity contribution in [1.82, 2.24) is 4.57 Å². The molecule has 0 fully saturated rings. The molecular formula is C21H22N3O5+. The second kappa shape index (κ2) is 8.57. The first-order chi connectivity index (χ1) is 14.0. The maximum absolute atomic E-state index is 12.7. The molecule has 1 heterocycles. The monoisotopic (exact) mass is 396 g/mol. The van der Waals surface area contributed by atoms with Crippen molar-refractivity contribution < 1.29 is 29.9 Å². The molecule has 0 atom stereocenters. The third kappa shape index (κ3) is 3.97. The summed E-state index contributed by atoms with van der Waals surface area (Å²) in [4.78, 5) is 40.3. The van der Waals surface area contributed by atoms with Gasteiger partial charge in [0.25, 0.3) is 11.7 Å². The van der Waals surface area contributed by atoms with E-state index < -0.39 is 17.7 Å². The van der Waals surface area contributed by atoms with Crippen molar-refractivity contribution in [3.63, 3.8) is 0 Å². The van der Waals surface area contributed by atoms with Crippen LogP contribution in [-0.4, -0.2) is 28.8 Å². The number of rotatable bonds is 8. The summed E-state index contributed by atoms with van der Waals surface area (Å²) in [7, 11) is 0. The van der Waals surface area contributed by atoms with Crippen LogP contribution in [0.1, 0.15) is 28.5 Å². The van der Waals surface area contributed by atoms with Crippen LogP contribution in [0.4, 0.5) is 0 Å². The molecule has 8 nitrogen and oxygen atoms in total. The fraction of sp³-hybridized carbons (Fsp3) is 0.190. The summed E-state index contributed by atoms with van der Waals surface area (Å²) in [5.41, 5.74) is 7.92. The lowest BCUT2D eigenvalue weighted by Gasteiger charge is -2.11. The highest BCUT2D eigenvalue weighted by atomic mass is 16.7. The summed E-state index contributed by atoms with van der Waals surface area (Å²) in [6.07, 6.45) is 0.496. The number of amides is 1. The van der Waals surface area contributed by atoms with Gasteiger partial charge in [-0.2, -0.15) is 5.90 Å². The number of benzene rings is 2. The lowest BCUT2D eigenvalue weighted by molar-refractivity contribution is -0.657. The molecule has 2 aromatic carbocycles. The highest BCUT2D eigenvalue weighted by Gasteiger charge is 2.27. The van der Waals surface area contributed by atoms with Gasteiger partial charge in [-0.05, 0) is 24.1 Å². The van der Waals surface area contributed by atoms with Crippen molar-refractivity contribution in [2.24, 2.45) is 5.73 Å². The number of hydrogen-bond donors (Lipinski definition) is 2. The van der Waals surface area contributed by atoms with E-state index in [1.54, 1.807) is 12.1 Å². The maximum atomic E-state index is 12.7. The quantitative estimate of drug-likeness (QED) is 0.333. The second-order valence-corrected chi connectivity index (χ2v) is 6.40. The molecule has 5 N–H and O–H groups in total. The number of hydrogen-bond acceptors (Lipinski definition) is 5. The highest BCUT2D eigenvalue weighted by Crippen LogP contribution is 2.35. The SMILES string of the molecule is CCc1c(C(=O)C(N)=O)c2c(OCC(=O)O[NH3+])cccc2n1Cc1ccccc1. The summed E-state index contributed by atoms with van der Waals surface area (Å²) in [6, 6.07) is 15.0. The average Bonchev–Trinajstić information content (AvgIpc) is 3.05. The topological polar surface area (TPSA) is 128 Å². The molecule has 3 rings (SSSR count). The van der Waals surface area contributed by atoms with Gasteiger partial charge in [0.15, 0.2) is 6.61 Å². The van der Waals surface area contributed by atoms with Gasteiger partial charge < -0.3 is 15.0 Å². The van der Waals surface area contributed by atoms with Crippen LogP contribution in [0, 0.1) is 0 Å². The van der Waals surface area contributed by atoms with E-state index in [1.165, 1.54) is 0 Å². The number of carbonyl (C=O) groups is 3. The molecule has 0 radical (unpaired) electrons. The van der Waals surface area contributed by atoms with Gasteiger partial charge in [-0.15, -0.1) is 0 Å². The fourth-order valence-electron chi connectivity index (χ4n) is 3.40. The van der Waals surface area contributed by atoms with Gasteiger partial charge in [0, 0.05) is 12.2 Å². The van der Waals surface area contributed by atoms with Crippen LogP contribution in [-0.2, 0) is 27.4 Å². The Bertz CT molecular complexity index is 1070. The number of ether oxygens (including phenoxy) is 1. The largest absolute Gasteiger partial charge is 0.481 e. The van der Waals surface area contributed by atoms with Crippen molar-refractivity contribution in [3.05, 3.63) is 65.4 Å². The zero-order valence-electron chi connectivity index (χ0n) is 16.0. The number of carbonyl (C=O) groups excluding carboxylic acids is 3. The van der Waals surface area contributed by atoms with Crippen LogP contribution in [0.15, 0.2) is 48.5 Å². The van der Waals surface area contributed by atoms with Crippen LogP contribution in [0.2, 0.25) is 0 Å². The molecule has 0 unspecified atom stereocenters. The molecule has 1 aromatic heterocycles. The third-order valence-corrected chi connectivity index (χ3v) is 4.64. The van der Waals surface area contributed by atoms with E-state index in [9.17, 15) is 14.4 Å². The van der Waals surface area contributed by atoms with Crippen molar-refractivity contribution in [2.75, 3.05) is 6.61 Å². The molecule has 8 heteroatoms. The smallest absolute Gasteiger partial charge is 0.403 e.